The molecule has 23 heavy (non-hydrogen) atoms. The maximum absolute atomic E-state index is 12.6. The molecule has 124 valence electrons. The lowest BCUT2D eigenvalue weighted by Gasteiger charge is -2.13. The fraction of sp³-hybridized carbons (Fsp3) is 0.200. The highest BCUT2D eigenvalue weighted by atomic mass is 35.5. The fourth-order valence-electron chi connectivity index (χ4n) is 2.00. The highest BCUT2D eigenvalue weighted by Gasteiger charge is 2.19. The largest absolute Gasteiger partial charge is 0.279 e. The van der Waals surface area contributed by atoms with E-state index in [4.69, 9.17) is 11.6 Å². The number of halogens is 1. The Morgan fingerprint density at radius 3 is 2.13 bits per heavy atom. The predicted molar refractivity (Wildman–Crippen MR) is 91.3 cm³/mol. The van der Waals surface area contributed by atoms with Crippen molar-refractivity contribution in [1.82, 2.24) is 0 Å². The maximum atomic E-state index is 12.6. The van der Waals surface area contributed by atoms with E-state index < -0.39 is 19.9 Å². The Bertz CT molecular complexity index is 967. The van der Waals surface area contributed by atoms with Crippen molar-refractivity contribution in [3.05, 3.63) is 52.5 Å². The summed E-state index contributed by atoms with van der Waals surface area (Å²) in [6.07, 6.45) is 1.07. The van der Waals surface area contributed by atoms with Gasteiger partial charge in [0.2, 0.25) is 0 Å². The van der Waals surface area contributed by atoms with Gasteiger partial charge in [-0.1, -0.05) is 23.7 Å². The first-order chi connectivity index (χ1) is 10.5. The van der Waals surface area contributed by atoms with E-state index in [2.05, 4.69) is 4.72 Å². The van der Waals surface area contributed by atoms with Gasteiger partial charge in [-0.2, -0.15) is 0 Å². The standard InChI is InChI=1S/C15H16ClNO4S2/c1-10-5-7-13(22(3,18)19)9-14(10)17-23(20,21)15-8-12(16)6-4-11(15)2/h4-9,17H,1-3H3. The zero-order chi connectivity index (χ0) is 17.4. The summed E-state index contributed by atoms with van der Waals surface area (Å²) in [7, 11) is -7.31. The molecule has 0 aliphatic rings. The topological polar surface area (TPSA) is 80.3 Å². The summed E-state index contributed by atoms with van der Waals surface area (Å²) in [5.41, 5.74) is 1.37. The molecule has 0 heterocycles. The van der Waals surface area contributed by atoms with Gasteiger partial charge in [0.1, 0.15) is 0 Å². The van der Waals surface area contributed by atoms with Crippen LogP contribution in [0.1, 0.15) is 11.1 Å². The van der Waals surface area contributed by atoms with Crippen LogP contribution in [-0.4, -0.2) is 23.1 Å². The molecule has 0 bridgehead atoms. The first kappa shape index (κ1) is 17.8. The van der Waals surface area contributed by atoms with E-state index in [1.165, 1.54) is 18.2 Å². The van der Waals surface area contributed by atoms with E-state index in [-0.39, 0.29) is 15.5 Å². The fourth-order valence-corrected chi connectivity index (χ4v) is 4.28. The van der Waals surface area contributed by atoms with Crippen molar-refractivity contribution in [3.8, 4) is 0 Å². The number of nitrogens with one attached hydrogen (secondary N) is 1. The Labute approximate surface area is 141 Å². The molecule has 1 N–H and O–H groups in total. The zero-order valence-corrected chi connectivity index (χ0v) is 15.2. The van der Waals surface area contributed by atoms with Crippen molar-refractivity contribution in [2.75, 3.05) is 11.0 Å². The zero-order valence-electron chi connectivity index (χ0n) is 12.8. The van der Waals surface area contributed by atoms with Crippen LogP contribution >= 0.6 is 11.6 Å². The van der Waals surface area contributed by atoms with Gasteiger partial charge in [-0.3, -0.25) is 4.72 Å². The number of anilines is 1. The number of sulfone groups is 1. The number of aryl methyl sites for hydroxylation is 2. The van der Waals surface area contributed by atoms with Gasteiger partial charge in [0.05, 0.1) is 15.5 Å². The first-order valence-electron chi connectivity index (χ1n) is 6.60. The van der Waals surface area contributed by atoms with E-state index in [1.807, 2.05) is 0 Å². The maximum Gasteiger partial charge on any atom is 0.262 e. The van der Waals surface area contributed by atoms with Crippen molar-refractivity contribution >= 4 is 37.1 Å². The molecule has 0 atom stereocenters. The van der Waals surface area contributed by atoms with Gasteiger partial charge < -0.3 is 0 Å². The highest BCUT2D eigenvalue weighted by Crippen LogP contribution is 2.26. The van der Waals surface area contributed by atoms with Crippen LogP contribution in [0.4, 0.5) is 5.69 Å². The van der Waals surface area contributed by atoms with Crippen molar-refractivity contribution < 1.29 is 16.8 Å². The van der Waals surface area contributed by atoms with Gasteiger partial charge in [0.25, 0.3) is 10.0 Å². The molecule has 0 unspecified atom stereocenters. The van der Waals surface area contributed by atoms with E-state index in [0.717, 1.165) is 6.26 Å². The molecule has 5 nitrogen and oxygen atoms in total. The molecular weight excluding hydrogens is 358 g/mol. The Hall–Kier alpha value is -1.57. The van der Waals surface area contributed by atoms with Gasteiger partial charge in [0, 0.05) is 11.3 Å². The monoisotopic (exact) mass is 373 g/mol. The summed E-state index contributed by atoms with van der Waals surface area (Å²) in [6.45, 7) is 3.35. The minimum atomic E-state index is -3.88. The molecule has 0 aliphatic heterocycles. The highest BCUT2D eigenvalue weighted by molar-refractivity contribution is 7.92. The third-order valence-corrected chi connectivity index (χ3v) is 6.17. The minimum absolute atomic E-state index is 0.0450. The first-order valence-corrected chi connectivity index (χ1v) is 10.4. The summed E-state index contributed by atoms with van der Waals surface area (Å²) in [6, 6.07) is 8.87. The van der Waals surface area contributed by atoms with Gasteiger partial charge in [-0.25, -0.2) is 16.8 Å². The third-order valence-electron chi connectivity index (χ3n) is 3.32. The Balaban J connectivity index is 2.51. The van der Waals surface area contributed by atoms with Crippen molar-refractivity contribution in [1.29, 1.82) is 0 Å². The lowest BCUT2D eigenvalue weighted by Crippen LogP contribution is -2.15. The van der Waals surface area contributed by atoms with Crippen molar-refractivity contribution in [2.45, 2.75) is 23.6 Å². The average molecular weight is 374 g/mol. The summed E-state index contributed by atoms with van der Waals surface area (Å²) in [5.74, 6) is 0. The molecule has 0 radical (unpaired) electrons. The summed E-state index contributed by atoms with van der Waals surface area (Å²) >= 11 is 5.87. The van der Waals surface area contributed by atoms with E-state index in [0.29, 0.717) is 16.1 Å². The molecule has 8 heteroatoms. The molecule has 2 aromatic carbocycles. The number of benzene rings is 2. The SMILES string of the molecule is Cc1ccc(S(C)(=O)=O)cc1NS(=O)(=O)c1cc(Cl)ccc1C. The molecule has 2 aromatic rings. The van der Waals surface area contributed by atoms with Crippen molar-refractivity contribution in [2.24, 2.45) is 0 Å². The number of hydrogen-bond donors (Lipinski definition) is 1. The van der Waals surface area contributed by atoms with E-state index >= 15 is 0 Å². The second-order valence-electron chi connectivity index (χ2n) is 5.26. The van der Waals surface area contributed by atoms with Gasteiger partial charge >= 0.3 is 0 Å². The lowest BCUT2D eigenvalue weighted by atomic mass is 10.2. The molecule has 0 amide bonds. The Morgan fingerprint density at radius 1 is 0.913 bits per heavy atom. The van der Waals surface area contributed by atoms with Gasteiger partial charge in [-0.15, -0.1) is 0 Å². The third kappa shape index (κ3) is 4.04. The molecular formula is C15H16ClNO4S2. The minimum Gasteiger partial charge on any atom is -0.279 e. The molecule has 0 fully saturated rings. The van der Waals surface area contributed by atoms with Crippen LogP contribution in [0.5, 0.6) is 0 Å². The van der Waals surface area contributed by atoms with Gasteiger partial charge in [0.15, 0.2) is 9.84 Å². The Kier molecular flexibility index (Phi) is 4.75. The molecule has 0 spiro atoms. The van der Waals surface area contributed by atoms with Gasteiger partial charge in [-0.05, 0) is 49.2 Å². The van der Waals surface area contributed by atoms with E-state index in [1.54, 1.807) is 32.0 Å². The number of rotatable bonds is 4. The number of hydrogen-bond acceptors (Lipinski definition) is 4. The van der Waals surface area contributed by atoms with Crippen LogP contribution in [0.2, 0.25) is 5.02 Å². The van der Waals surface area contributed by atoms with Crippen molar-refractivity contribution in [3.63, 3.8) is 0 Å². The normalized spacial score (nSPS) is 12.2. The smallest absolute Gasteiger partial charge is 0.262 e. The van der Waals surface area contributed by atoms with Crippen LogP contribution in [0, 0.1) is 13.8 Å². The van der Waals surface area contributed by atoms with Crippen LogP contribution in [0.3, 0.4) is 0 Å². The average Bonchev–Trinajstić information content (AvgIpc) is 2.42. The quantitative estimate of drug-likeness (QED) is 0.892. The second kappa shape index (κ2) is 6.14. The number of sulfonamides is 1. The van der Waals surface area contributed by atoms with Crippen LogP contribution in [0.25, 0.3) is 0 Å². The molecule has 2 rings (SSSR count). The summed E-state index contributed by atoms with van der Waals surface area (Å²) in [4.78, 5) is 0.0952. The van der Waals surface area contributed by atoms with Crippen LogP contribution < -0.4 is 4.72 Å². The lowest BCUT2D eigenvalue weighted by molar-refractivity contribution is 0.598. The Morgan fingerprint density at radius 2 is 1.52 bits per heavy atom. The van der Waals surface area contributed by atoms with Crippen LogP contribution in [0.15, 0.2) is 46.2 Å². The van der Waals surface area contributed by atoms with E-state index in [9.17, 15) is 16.8 Å². The predicted octanol–water partition coefficient (Wildman–Crippen LogP) is 3.16. The molecule has 0 aromatic heterocycles. The molecule has 0 saturated heterocycles. The van der Waals surface area contributed by atoms with Crippen LogP contribution in [-0.2, 0) is 19.9 Å². The molecule has 0 aliphatic carbocycles. The summed E-state index contributed by atoms with van der Waals surface area (Å²) < 4.78 is 50.8. The second-order valence-corrected chi connectivity index (χ2v) is 9.37. The summed E-state index contributed by atoms with van der Waals surface area (Å²) in [5, 5.41) is 0.303. The molecule has 0 saturated carbocycles.